The van der Waals surface area contributed by atoms with Gasteiger partial charge in [0.05, 0.1) is 19.9 Å². The van der Waals surface area contributed by atoms with Crippen LogP contribution in [0.4, 0.5) is 5.13 Å². The zero-order valence-electron chi connectivity index (χ0n) is 16.8. The average molecular weight is 450 g/mol. The fraction of sp³-hybridized carbons (Fsp3) is 0.0870. The molecule has 1 amide bonds. The number of anilines is 1. The van der Waals surface area contributed by atoms with E-state index in [0.717, 1.165) is 22.0 Å². The molecule has 0 atom stereocenters. The fourth-order valence-corrected chi connectivity index (χ4v) is 4.15. The lowest BCUT2D eigenvalue weighted by molar-refractivity contribution is 0.0977. The molecule has 0 aliphatic rings. The van der Waals surface area contributed by atoms with Crippen LogP contribution in [0.15, 0.2) is 66.0 Å². The molecule has 2 N–H and O–H groups in total. The number of nitrogens with one attached hydrogen (secondary N) is 2. The molecule has 8 heteroatoms. The Morgan fingerprint density at radius 2 is 1.77 bits per heavy atom. The summed E-state index contributed by atoms with van der Waals surface area (Å²) < 4.78 is 10.4. The van der Waals surface area contributed by atoms with Gasteiger partial charge in [-0.25, -0.2) is 4.98 Å². The molecular weight excluding hydrogens is 430 g/mol. The van der Waals surface area contributed by atoms with E-state index in [9.17, 15) is 4.79 Å². The number of ether oxygens (including phenoxy) is 2. The minimum atomic E-state index is -0.357. The number of hydrogen-bond donors (Lipinski definition) is 2. The lowest BCUT2D eigenvalue weighted by atomic mass is 10.0. The first-order valence-electron chi connectivity index (χ1n) is 9.37. The Morgan fingerprint density at radius 1 is 1.00 bits per heavy atom. The van der Waals surface area contributed by atoms with Gasteiger partial charge in [-0.1, -0.05) is 42.5 Å². The van der Waals surface area contributed by atoms with Gasteiger partial charge in [-0.2, -0.15) is 0 Å². The topological polar surface area (TPSA) is 72.5 Å². The summed E-state index contributed by atoms with van der Waals surface area (Å²) in [5.74, 6) is 0.654. The highest BCUT2D eigenvalue weighted by Gasteiger charge is 2.14. The van der Waals surface area contributed by atoms with Crippen LogP contribution in [0.25, 0.3) is 22.0 Å². The molecule has 1 heterocycles. The summed E-state index contributed by atoms with van der Waals surface area (Å²) in [5.41, 5.74) is 2.29. The zero-order chi connectivity index (χ0) is 21.8. The van der Waals surface area contributed by atoms with E-state index in [1.807, 2.05) is 29.6 Å². The Hall–Kier alpha value is -3.49. The summed E-state index contributed by atoms with van der Waals surface area (Å²) in [6.07, 6.45) is 0. The number of benzene rings is 3. The first kappa shape index (κ1) is 20.8. The number of hydrogen-bond acceptors (Lipinski definition) is 6. The molecular formula is C23H19N3O3S2. The van der Waals surface area contributed by atoms with Crippen LogP contribution < -0.4 is 20.1 Å². The molecule has 0 unspecified atom stereocenters. The van der Waals surface area contributed by atoms with Gasteiger partial charge in [0.15, 0.2) is 21.7 Å². The second-order valence-electron chi connectivity index (χ2n) is 6.54. The van der Waals surface area contributed by atoms with E-state index in [4.69, 9.17) is 21.7 Å². The molecule has 1 aromatic heterocycles. The van der Waals surface area contributed by atoms with Crippen LogP contribution in [0.3, 0.4) is 0 Å². The number of rotatable bonds is 5. The number of methoxy groups -OCH3 is 2. The standard InChI is InChI=1S/C23H19N3O3S2/c1-28-19-11-10-15(12-20(19)29-2)21(27)25-22(30)26-23-24-18(13-31-23)17-9-5-7-14-6-3-4-8-16(14)17/h3-13H,1-2H3,(H2,24,25,26,27,30). The summed E-state index contributed by atoms with van der Waals surface area (Å²) in [7, 11) is 3.05. The Labute approximate surface area is 188 Å². The third kappa shape index (κ3) is 4.50. The van der Waals surface area contributed by atoms with E-state index in [-0.39, 0.29) is 11.0 Å². The molecule has 0 saturated carbocycles. The molecule has 0 fully saturated rings. The molecule has 0 aliphatic carbocycles. The van der Waals surface area contributed by atoms with Crippen LogP contribution in [0.2, 0.25) is 0 Å². The van der Waals surface area contributed by atoms with Crippen LogP contribution >= 0.6 is 23.6 Å². The number of thiazole rings is 1. The second kappa shape index (κ2) is 9.11. The largest absolute Gasteiger partial charge is 0.493 e. The monoisotopic (exact) mass is 449 g/mol. The minimum Gasteiger partial charge on any atom is -0.493 e. The third-order valence-electron chi connectivity index (χ3n) is 4.66. The molecule has 4 aromatic rings. The molecule has 0 spiro atoms. The Morgan fingerprint density at radius 3 is 2.58 bits per heavy atom. The van der Waals surface area contributed by atoms with Crippen molar-refractivity contribution >= 4 is 50.5 Å². The van der Waals surface area contributed by atoms with Crippen LogP contribution in [-0.4, -0.2) is 30.2 Å². The molecule has 0 saturated heterocycles. The van der Waals surface area contributed by atoms with Crippen molar-refractivity contribution in [2.24, 2.45) is 0 Å². The molecule has 31 heavy (non-hydrogen) atoms. The number of amides is 1. The van der Waals surface area contributed by atoms with E-state index >= 15 is 0 Å². The molecule has 4 rings (SSSR count). The molecule has 0 aliphatic heterocycles. The smallest absolute Gasteiger partial charge is 0.257 e. The summed E-state index contributed by atoms with van der Waals surface area (Å²) in [5, 5.41) is 10.7. The zero-order valence-corrected chi connectivity index (χ0v) is 18.5. The average Bonchev–Trinajstić information content (AvgIpc) is 3.26. The first-order valence-corrected chi connectivity index (χ1v) is 10.7. The lowest BCUT2D eigenvalue weighted by Crippen LogP contribution is -2.34. The molecule has 0 radical (unpaired) electrons. The first-order chi connectivity index (χ1) is 15.1. The van der Waals surface area contributed by atoms with Crippen molar-refractivity contribution in [3.8, 4) is 22.8 Å². The summed E-state index contributed by atoms with van der Waals surface area (Å²) in [4.78, 5) is 17.2. The number of aromatic nitrogens is 1. The number of fused-ring (bicyclic) bond motifs is 1. The van der Waals surface area contributed by atoms with Crippen molar-refractivity contribution in [2.45, 2.75) is 0 Å². The van der Waals surface area contributed by atoms with E-state index in [1.54, 1.807) is 18.2 Å². The Balaban J connectivity index is 1.46. The van der Waals surface area contributed by atoms with Gasteiger partial charge in [0, 0.05) is 16.5 Å². The maximum absolute atomic E-state index is 12.5. The summed E-state index contributed by atoms with van der Waals surface area (Å²) >= 11 is 6.71. The Kier molecular flexibility index (Phi) is 6.11. The van der Waals surface area contributed by atoms with Crippen molar-refractivity contribution in [2.75, 3.05) is 19.5 Å². The highest BCUT2D eigenvalue weighted by Crippen LogP contribution is 2.31. The van der Waals surface area contributed by atoms with Gasteiger partial charge in [-0.05, 0) is 41.2 Å². The van der Waals surface area contributed by atoms with E-state index in [2.05, 4.69) is 33.8 Å². The molecule has 3 aromatic carbocycles. The maximum atomic E-state index is 12.5. The number of carbonyl (C=O) groups is 1. The van der Waals surface area contributed by atoms with Gasteiger partial charge in [-0.15, -0.1) is 11.3 Å². The number of nitrogens with zero attached hydrogens (tertiary/aromatic N) is 1. The molecule has 0 bridgehead atoms. The van der Waals surface area contributed by atoms with Crippen molar-refractivity contribution in [1.82, 2.24) is 10.3 Å². The SMILES string of the molecule is COc1ccc(C(=O)NC(=S)Nc2nc(-c3cccc4ccccc34)cs2)cc1OC. The lowest BCUT2D eigenvalue weighted by Gasteiger charge is -2.10. The summed E-state index contributed by atoms with van der Waals surface area (Å²) in [6.45, 7) is 0. The van der Waals surface area contributed by atoms with Gasteiger partial charge in [0.25, 0.3) is 5.91 Å². The number of thiocarbonyl (C=S) groups is 1. The molecule has 6 nitrogen and oxygen atoms in total. The van der Waals surface area contributed by atoms with Crippen molar-refractivity contribution in [3.63, 3.8) is 0 Å². The van der Waals surface area contributed by atoms with Gasteiger partial charge in [0.2, 0.25) is 0 Å². The third-order valence-corrected chi connectivity index (χ3v) is 5.62. The predicted molar refractivity (Wildman–Crippen MR) is 128 cm³/mol. The molecule has 156 valence electrons. The van der Waals surface area contributed by atoms with E-state index < -0.39 is 0 Å². The van der Waals surface area contributed by atoms with Gasteiger partial charge < -0.3 is 14.8 Å². The van der Waals surface area contributed by atoms with Crippen molar-refractivity contribution in [3.05, 3.63) is 71.6 Å². The van der Waals surface area contributed by atoms with Crippen LogP contribution in [0, 0.1) is 0 Å². The van der Waals surface area contributed by atoms with Crippen LogP contribution in [0.5, 0.6) is 11.5 Å². The number of carbonyl (C=O) groups excluding carboxylic acids is 1. The fourth-order valence-electron chi connectivity index (χ4n) is 3.18. The summed E-state index contributed by atoms with van der Waals surface area (Å²) in [6, 6.07) is 19.2. The van der Waals surface area contributed by atoms with E-state index in [1.165, 1.54) is 25.6 Å². The maximum Gasteiger partial charge on any atom is 0.257 e. The Bertz CT molecular complexity index is 1260. The van der Waals surface area contributed by atoms with Gasteiger partial charge >= 0.3 is 0 Å². The minimum absolute atomic E-state index is 0.165. The van der Waals surface area contributed by atoms with Gasteiger partial charge in [-0.3, -0.25) is 10.1 Å². The second-order valence-corrected chi connectivity index (χ2v) is 7.81. The predicted octanol–water partition coefficient (Wildman–Crippen LogP) is 5.11. The highest BCUT2D eigenvalue weighted by atomic mass is 32.1. The van der Waals surface area contributed by atoms with Crippen molar-refractivity contribution in [1.29, 1.82) is 0 Å². The quantitative estimate of drug-likeness (QED) is 0.413. The van der Waals surface area contributed by atoms with Gasteiger partial charge in [0.1, 0.15) is 0 Å². The van der Waals surface area contributed by atoms with Crippen molar-refractivity contribution < 1.29 is 14.3 Å². The normalized spacial score (nSPS) is 10.5. The van der Waals surface area contributed by atoms with Crippen LogP contribution in [-0.2, 0) is 0 Å². The highest BCUT2D eigenvalue weighted by molar-refractivity contribution is 7.80. The van der Waals surface area contributed by atoms with E-state index in [0.29, 0.717) is 22.2 Å². The van der Waals surface area contributed by atoms with Crippen LogP contribution in [0.1, 0.15) is 10.4 Å².